The molecule has 1 aliphatic carbocycles. The van der Waals surface area contributed by atoms with E-state index in [1.807, 2.05) is 0 Å². The smallest absolute Gasteiger partial charge is 0.127 e. The van der Waals surface area contributed by atoms with Crippen LogP contribution in [0.1, 0.15) is 32.6 Å². The second-order valence-corrected chi connectivity index (χ2v) is 5.97. The number of rotatable bonds is 6. The Bertz CT molecular complexity index is 575. The van der Waals surface area contributed by atoms with Crippen LogP contribution in [0.25, 0.3) is 10.8 Å². The standard InChI is InChI=1S/C19H25NO/c1-2-20-18-11-5-9-16(18)13-14-21-19-12-6-8-15-7-3-4-10-17(15)19/h3-4,6-8,10,12,16,18,20H,2,5,9,11,13-14H2,1H3. The molecule has 0 aromatic heterocycles. The summed E-state index contributed by atoms with van der Waals surface area (Å²) >= 11 is 0. The molecule has 0 bridgehead atoms. The van der Waals surface area contributed by atoms with Crippen molar-refractivity contribution >= 4 is 10.8 Å². The van der Waals surface area contributed by atoms with Crippen LogP contribution in [0.2, 0.25) is 0 Å². The lowest BCUT2D eigenvalue weighted by Gasteiger charge is -2.20. The molecule has 0 spiro atoms. The highest BCUT2D eigenvalue weighted by atomic mass is 16.5. The summed E-state index contributed by atoms with van der Waals surface area (Å²) in [5, 5.41) is 6.09. The summed E-state index contributed by atoms with van der Waals surface area (Å²) in [5.74, 6) is 1.80. The second kappa shape index (κ2) is 6.95. The van der Waals surface area contributed by atoms with Gasteiger partial charge in [-0.15, -0.1) is 0 Å². The Morgan fingerprint density at radius 1 is 1.10 bits per heavy atom. The molecular formula is C19H25NO. The molecule has 2 nitrogen and oxygen atoms in total. The Morgan fingerprint density at radius 3 is 2.86 bits per heavy atom. The maximum atomic E-state index is 6.08. The first-order valence-electron chi connectivity index (χ1n) is 8.22. The van der Waals surface area contributed by atoms with Gasteiger partial charge in [0.25, 0.3) is 0 Å². The highest BCUT2D eigenvalue weighted by Gasteiger charge is 2.26. The third-order valence-electron chi connectivity index (χ3n) is 4.62. The zero-order valence-corrected chi connectivity index (χ0v) is 12.8. The van der Waals surface area contributed by atoms with E-state index in [4.69, 9.17) is 4.74 Å². The van der Waals surface area contributed by atoms with Crippen molar-refractivity contribution in [3.05, 3.63) is 42.5 Å². The highest BCUT2D eigenvalue weighted by molar-refractivity contribution is 5.88. The molecule has 0 amide bonds. The Morgan fingerprint density at radius 2 is 1.95 bits per heavy atom. The molecule has 0 radical (unpaired) electrons. The number of ether oxygens (including phenoxy) is 1. The van der Waals surface area contributed by atoms with E-state index in [2.05, 4.69) is 54.7 Å². The van der Waals surface area contributed by atoms with Crippen LogP contribution in [0, 0.1) is 5.92 Å². The molecule has 1 N–H and O–H groups in total. The average molecular weight is 283 g/mol. The first kappa shape index (κ1) is 14.4. The lowest BCUT2D eigenvalue weighted by molar-refractivity contribution is 0.263. The molecule has 2 aromatic carbocycles. The van der Waals surface area contributed by atoms with E-state index < -0.39 is 0 Å². The quantitative estimate of drug-likeness (QED) is 0.849. The minimum absolute atomic E-state index is 0.700. The summed E-state index contributed by atoms with van der Waals surface area (Å²) in [6, 6.07) is 15.4. The third-order valence-corrected chi connectivity index (χ3v) is 4.62. The lowest BCUT2D eigenvalue weighted by atomic mass is 10.00. The molecule has 2 unspecified atom stereocenters. The predicted molar refractivity (Wildman–Crippen MR) is 88.9 cm³/mol. The van der Waals surface area contributed by atoms with Crippen molar-refractivity contribution in [1.29, 1.82) is 0 Å². The van der Waals surface area contributed by atoms with Crippen molar-refractivity contribution in [2.45, 2.75) is 38.6 Å². The Hall–Kier alpha value is -1.54. The SMILES string of the molecule is CCNC1CCCC1CCOc1cccc2ccccc12. The molecule has 1 saturated carbocycles. The Labute approximate surface area is 127 Å². The van der Waals surface area contributed by atoms with Crippen LogP contribution in [0.3, 0.4) is 0 Å². The number of benzene rings is 2. The van der Waals surface area contributed by atoms with Crippen LogP contribution in [0.5, 0.6) is 5.75 Å². The van der Waals surface area contributed by atoms with Crippen LogP contribution in [0.4, 0.5) is 0 Å². The molecule has 0 aliphatic heterocycles. The first-order valence-corrected chi connectivity index (χ1v) is 8.22. The zero-order chi connectivity index (χ0) is 14.5. The normalized spacial score (nSPS) is 21.8. The third kappa shape index (κ3) is 3.38. The molecule has 2 aromatic rings. The van der Waals surface area contributed by atoms with Crippen LogP contribution in [0.15, 0.2) is 42.5 Å². The summed E-state index contributed by atoms with van der Waals surface area (Å²) in [6.45, 7) is 4.09. The van der Waals surface area contributed by atoms with Gasteiger partial charge in [-0.1, -0.05) is 49.7 Å². The van der Waals surface area contributed by atoms with E-state index >= 15 is 0 Å². The molecule has 1 fully saturated rings. The van der Waals surface area contributed by atoms with Crippen molar-refractivity contribution in [2.24, 2.45) is 5.92 Å². The summed E-state index contributed by atoms with van der Waals surface area (Å²) in [7, 11) is 0. The van der Waals surface area contributed by atoms with Crippen molar-refractivity contribution in [3.8, 4) is 5.75 Å². The second-order valence-electron chi connectivity index (χ2n) is 5.97. The summed E-state index contributed by atoms with van der Waals surface area (Å²) in [4.78, 5) is 0. The van der Waals surface area contributed by atoms with Crippen molar-refractivity contribution in [3.63, 3.8) is 0 Å². The fraction of sp³-hybridized carbons (Fsp3) is 0.474. The molecule has 112 valence electrons. The van der Waals surface area contributed by atoms with E-state index in [1.54, 1.807) is 0 Å². The minimum Gasteiger partial charge on any atom is -0.493 e. The average Bonchev–Trinajstić information content (AvgIpc) is 2.95. The molecule has 3 rings (SSSR count). The van der Waals surface area contributed by atoms with Crippen LogP contribution in [-0.2, 0) is 0 Å². The van der Waals surface area contributed by atoms with Crippen molar-refractivity contribution in [1.82, 2.24) is 5.32 Å². The first-order chi connectivity index (χ1) is 10.4. The van der Waals surface area contributed by atoms with Gasteiger partial charge in [0, 0.05) is 11.4 Å². The zero-order valence-electron chi connectivity index (χ0n) is 12.8. The van der Waals surface area contributed by atoms with Gasteiger partial charge >= 0.3 is 0 Å². The van der Waals surface area contributed by atoms with Gasteiger partial charge in [0.05, 0.1) is 6.61 Å². The van der Waals surface area contributed by atoms with Gasteiger partial charge in [0.15, 0.2) is 0 Å². The minimum atomic E-state index is 0.700. The van der Waals surface area contributed by atoms with Gasteiger partial charge in [-0.2, -0.15) is 0 Å². The molecule has 2 atom stereocenters. The van der Waals surface area contributed by atoms with Gasteiger partial charge in [-0.25, -0.2) is 0 Å². The van der Waals surface area contributed by atoms with E-state index in [9.17, 15) is 0 Å². The number of hydrogen-bond acceptors (Lipinski definition) is 2. The van der Waals surface area contributed by atoms with Crippen LogP contribution in [-0.4, -0.2) is 19.2 Å². The fourth-order valence-corrected chi connectivity index (χ4v) is 3.56. The van der Waals surface area contributed by atoms with E-state index in [0.717, 1.165) is 31.2 Å². The molecule has 0 saturated heterocycles. The molecule has 0 heterocycles. The topological polar surface area (TPSA) is 21.3 Å². The van der Waals surface area contributed by atoms with E-state index in [-0.39, 0.29) is 0 Å². The van der Waals surface area contributed by atoms with E-state index in [1.165, 1.54) is 30.0 Å². The van der Waals surface area contributed by atoms with Crippen molar-refractivity contribution in [2.75, 3.05) is 13.2 Å². The van der Waals surface area contributed by atoms with Gasteiger partial charge in [0.2, 0.25) is 0 Å². The Kier molecular flexibility index (Phi) is 4.76. The maximum absolute atomic E-state index is 6.08. The van der Waals surface area contributed by atoms with Gasteiger partial charge in [-0.3, -0.25) is 0 Å². The van der Waals surface area contributed by atoms with Gasteiger partial charge in [0.1, 0.15) is 5.75 Å². The molecule has 1 aliphatic rings. The molecular weight excluding hydrogens is 258 g/mol. The summed E-state index contributed by atoms with van der Waals surface area (Å²) in [5.41, 5.74) is 0. The molecule has 2 heteroatoms. The highest BCUT2D eigenvalue weighted by Crippen LogP contribution is 2.30. The fourth-order valence-electron chi connectivity index (χ4n) is 3.56. The summed E-state index contributed by atoms with van der Waals surface area (Å²) in [6.07, 6.45) is 5.18. The Balaban J connectivity index is 1.59. The monoisotopic (exact) mass is 283 g/mol. The number of fused-ring (bicyclic) bond motifs is 1. The predicted octanol–water partition coefficient (Wildman–Crippen LogP) is 4.39. The number of nitrogens with one attached hydrogen (secondary N) is 1. The van der Waals surface area contributed by atoms with Crippen molar-refractivity contribution < 1.29 is 4.74 Å². The number of hydrogen-bond donors (Lipinski definition) is 1. The molecule has 21 heavy (non-hydrogen) atoms. The largest absolute Gasteiger partial charge is 0.493 e. The van der Waals surface area contributed by atoms with E-state index in [0.29, 0.717) is 6.04 Å². The van der Waals surface area contributed by atoms with Crippen LogP contribution >= 0.6 is 0 Å². The lowest BCUT2D eigenvalue weighted by Crippen LogP contribution is -2.32. The summed E-state index contributed by atoms with van der Waals surface area (Å²) < 4.78 is 6.08. The van der Waals surface area contributed by atoms with Gasteiger partial charge < -0.3 is 10.1 Å². The maximum Gasteiger partial charge on any atom is 0.127 e. The van der Waals surface area contributed by atoms with Gasteiger partial charge in [-0.05, 0) is 43.2 Å². The van der Waals surface area contributed by atoms with Crippen LogP contribution < -0.4 is 10.1 Å².